The summed E-state index contributed by atoms with van der Waals surface area (Å²) >= 11 is 5.76. The molecule has 1 saturated heterocycles. The molecule has 0 radical (unpaired) electrons. The molecule has 2 heterocycles. The molecule has 1 fully saturated rings. The zero-order valence-electron chi connectivity index (χ0n) is 8.54. The predicted molar refractivity (Wildman–Crippen MR) is 61.2 cm³/mol. The molecule has 0 spiro atoms. The van der Waals surface area contributed by atoms with Gasteiger partial charge in [0.05, 0.1) is 0 Å². The predicted octanol–water partition coefficient (Wildman–Crippen LogP) is 1.68. The minimum absolute atomic E-state index is 0.476. The fourth-order valence-electron chi connectivity index (χ4n) is 1.73. The maximum absolute atomic E-state index is 5.76. The number of hydrogen-bond acceptors (Lipinski definition) is 4. The number of piperidine rings is 1. The molecular formula is C10H15ClN4. The van der Waals surface area contributed by atoms with Crippen molar-refractivity contribution >= 4 is 17.5 Å². The van der Waals surface area contributed by atoms with Gasteiger partial charge in [-0.3, -0.25) is 0 Å². The van der Waals surface area contributed by atoms with E-state index in [0.29, 0.717) is 17.1 Å². The van der Waals surface area contributed by atoms with E-state index in [-0.39, 0.29) is 0 Å². The van der Waals surface area contributed by atoms with E-state index in [1.54, 1.807) is 12.3 Å². The summed E-state index contributed by atoms with van der Waals surface area (Å²) < 4.78 is 0. The van der Waals surface area contributed by atoms with Crippen LogP contribution in [0.25, 0.3) is 0 Å². The summed E-state index contributed by atoms with van der Waals surface area (Å²) in [6.07, 6.45) is 5.46. The Kier molecular flexibility index (Phi) is 3.75. The van der Waals surface area contributed by atoms with Gasteiger partial charge in [0.25, 0.3) is 0 Å². The Bertz CT molecular complexity index is 312. The Labute approximate surface area is 94.5 Å². The Morgan fingerprint density at radius 1 is 1.53 bits per heavy atom. The molecule has 0 amide bonds. The molecule has 2 N–H and O–H groups in total. The van der Waals surface area contributed by atoms with Gasteiger partial charge < -0.3 is 10.6 Å². The highest BCUT2D eigenvalue weighted by Crippen LogP contribution is 2.09. The lowest BCUT2D eigenvalue weighted by Crippen LogP contribution is -2.39. The summed E-state index contributed by atoms with van der Waals surface area (Å²) in [6, 6.07) is 2.20. The maximum Gasteiger partial charge on any atom is 0.224 e. The lowest BCUT2D eigenvalue weighted by molar-refractivity contribution is 0.413. The van der Waals surface area contributed by atoms with E-state index >= 15 is 0 Å². The van der Waals surface area contributed by atoms with E-state index in [4.69, 9.17) is 11.6 Å². The van der Waals surface area contributed by atoms with Gasteiger partial charge in [0.2, 0.25) is 5.95 Å². The molecule has 1 aromatic heterocycles. The smallest absolute Gasteiger partial charge is 0.224 e. The number of nitrogens with one attached hydrogen (secondary N) is 2. The molecule has 1 atom stereocenters. The molecule has 15 heavy (non-hydrogen) atoms. The lowest BCUT2D eigenvalue weighted by Gasteiger charge is -2.23. The van der Waals surface area contributed by atoms with Gasteiger partial charge in [0.15, 0.2) is 0 Å². The molecule has 1 aromatic rings. The van der Waals surface area contributed by atoms with Crippen LogP contribution in [0.4, 0.5) is 5.95 Å². The SMILES string of the molecule is Clc1ccnc(NCC2CCCCN2)n1. The molecule has 82 valence electrons. The summed E-state index contributed by atoms with van der Waals surface area (Å²) in [5.74, 6) is 0.606. The Hall–Kier alpha value is -0.870. The normalized spacial score (nSPS) is 21.3. The molecule has 0 aliphatic carbocycles. The van der Waals surface area contributed by atoms with Crippen LogP contribution in [0.5, 0.6) is 0 Å². The Morgan fingerprint density at radius 3 is 3.20 bits per heavy atom. The molecule has 0 saturated carbocycles. The van der Waals surface area contributed by atoms with Gasteiger partial charge in [-0.15, -0.1) is 0 Å². The third kappa shape index (κ3) is 3.32. The van der Waals surface area contributed by atoms with Crippen LogP contribution in [0.1, 0.15) is 19.3 Å². The van der Waals surface area contributed by atoms with Crippen LogP contribution < -0.4 is 10.6 Å². The fraction of sp³-hybridized carbons (Fsp3) is 0.600. The molecule has 2 rings (SSSR count). The van der Waals surface area contributed by atoms with Crippen LogP contribution in [0.2, 0.25) is 5.15 Å². The number of aromatic nitrogens is 2. The zero-order valence-corrected chi connectivity index (χ0v) is 9.30. The summed E-state index contributed by atoms with van der Waals surface area (Å²) in [5.41, 5.74) is 0. The van der Waals surface area contributed by atoms with Gasteiger partial charge in [-0.2, -0.15) is 0 Å². The third-order valence-electron chi connectivity index (χ3n) is 2.54. The minimum Gasteiger partial charge on any atom is -0.353 e. The van der Waals surface area contributed by atoms with Crippen LogP contribution in [0, 0.1) is 0 Å². The maximum atomic E-state index is 5.76. The first-order valence-electron chi connectivity index (χ1n) is 5.30. The van der Waals surface area contributed by atoms with Gasteiger partial charge in [0.1, 0.15) is 5.15 Å². The summed E-state index contributed by atoms with van der Waals surface area (Å²) in [5, 5.41) is 7.11. The minimum atomic E-state index is 0.476. The van der Waals surface area contributed by atoms with Crippen molar-refractivity contribution in [3.05, 3.63) is 17.4 Å². The van der Waals surface area contributed by atoms with E-state index in [0.717, 1.165) is 13.1 Å². The second kappa shape index (κ2) is 5.28. The van der Waals surface area contributed by atoms with Crippen LogP contribution >= 0.6 is 11.6 Å². The highest BCUT2D eigenvalue weighted by atomic mass is 35.5. The van der Waals surface area contributed by atoms with Crippen molar-refractivity contribution in [2.45, 2.75) is 25.3 Å². The topological polar surface area (TPSA) is 49.8 Å². The first kappa shape index (κ1) is 10.6. The van der Waals surface area contributed by atoms with Crippen molar-refractivity contribution in [3.63, 3.8) is 0 Å². The number of halogens is 1. The molecular weight excluding hydrogens is 212 g/mol. The monoisotopic (exact) mass is 226 g/mol. The van der Waals surface area contributed by atoms with Gasteiger partial charge in [-0.1, -0.05) is 18.0 Å². The van der Waals surface area contributed by atoms with Gasteiger partial charge >= 0.3 is 0 Å². The number of nitrogens with zero attached hydrogens (tertiary/aromatic N) is 2. The van der Waals surface area contributed by atoms with Crippen LogP contribution in [0.3, 0.4) is 0 Å². The van der Waals surface area contributed by atoms with Crippen molar-refractivity contribution in [3.8, 4) is 0 Å². The number of rotatable bonds is 3. The first-order chi connectivity index (χ1) is 7.34. The van der Waals surface area contributed by atoms with E-state index in [9.17, 15) is 0 Å². The fourth-order valence-corrected chi connectivity index (χ4v) is 1.87. The second-order valence-electron chi connectivity index (χ2n) is 3.73. The molecule has 1 unspecified atom stereocenters. The largest absolute Gasteiger partial charge is 0.353 e. The average Bonchev–Trinajstić information content (AvgIpc) is 2.28. The highest BCUT2D eigenvalue weighted by molar-refractivity contribution is 6.29. The average molecular weight is 227 g/mol. The highest BCUT2D eigenvalue weighted by Gasteiger charge is 2.12. The third-order valence-corrected chi connectivity index (χ3v) is 2.75. The lowest BCUT2D eigenvalue weighted by atomic mass is 10.1. The van der Waals surface area contributed by atoms with E-state index in [1.807, 2.05) is 0 Å². The van der Waals surface area contributed by atoms with Crippen molar-refractivity contribution in [2.75, 3.05) is 18.4 Å². The zero-order chi connectivity index (χ0) is 10.5. The van der Waals surface area contributed by atoms with Crippen LogP contribution in [0.15, 0.2) is 12.3 Å². The molecule has 1 aliphatic heterocycles. The summed E-state index contributed by atoms with van der Waals surface area (Å²) in [7, 11) is 0. The van der Waals surface area contributed by atoms with Gasteiger partial charge in [0, 0.05) is 18.8 Å². The van der Waals surface area contributed by atoms with Crippen molar-refractivity contribution in [1.82, 2.24) is 15.3 Å². The molecule has 1 aliphatic rings. The van der Waals surface area contributed by atoms with Crippen LogP contribution in [-0.4, -0.2) is 29.1 Å². The molecule has 5 heteroatoms. The number of anilines is 1. The van der Waals surface area contributed by atoms with E-state index in [1.165, 1.54) is 19.3 Å². The van der Waals surface area contributed by atoms with Crippen molar-refractivity contribution in [1.29, 1.82) is 0 Å². The first-order valence-corrected chi connectivity index (χ1v) is 5.68. The quantitative estimate of drug-likeness (QED) is 0.771. The molecule has 4 nitrogen and oxygen atoms in total. The summed E-state index contributed by atoms with van der Waals surface area (Å²) in [6.45, 7) is 1.98. The standard InChI is InChI=1S/C10H15ClN4/c11-9-4-6-13-10(15-9)14-7-8-3-1-2-5-12-8/h4,6,8,12H,1-3,5,7H2,(H,13,14,15). The number of hydrogen-bond donors (Lipinski definition) is 2. The van der Waals surface area contributed by atoms with E-state index < -0.39 is 0 Å². The molecule has 0 aromatic carbocycles. The van der Waals surface area contributed by atoms with Gasteiger partial charge in [-0.05, 0) is 25.5 Å². The van der Waals surface area contributed by atoms with Crippen molar-refractivity contribution in [2.24, 2.45) is 0 Å². The van der Waals surface area contributed by atoms with Crippen molar-refractivity contribution < 1.29 is 0 Å². The van der Waals surface area contributed by atoms with E-state index in [2.05, 4.69) is 20.6 Å². The van der Waals surface area contributed by atoms with Crippen LogP contribution in [-0.2, 0) is 0 Å². The van der Waals surface area contributed by atoms with Gasteiger partial charge in [-0.25, -0.2) is 9.97 Å². The Morgan fingerprint density at radius 2 is 2.47 bits per heavy atom. The Balaban J connectivity index is 1.81. The summed E-state index contributed by atoms with van der Waals surface area (Å²) in [4.78, 5) is 8.16. The molecule has 0 bridgehead atoms. The second-order valence-corrected chi connectivity index (χ2v) is 4.12.